The molecule has 0 bridgehead atoms. The summed E-state index contributed by atoms with van der Waals surface area (Å²) in [6, 6.07) is 17.4. The molecule has 0 radical (unpaired) electrons. The van der Waals surface area contributed by atoms with Crippen molar-refractivity contribution < 1.29 is 0 Å². The predicted molar refractivity (Wildman–Crippen MR) is 132 cm³/mol. The third kappa shape index (κ3) is 2.45. The van der Waals surface area contributed by atoms with Gasteiger partial charge >= 0.3 is 0 Å². The molecule has 4 aromatic carbocycles. The van der Waals surface area contributed by atoms with E-state index in [4.69, 9.17) is 11.1 Å². The number of nitrogens with zero attached hydrogens (tertiary/aromatic N) is 1. The summed E-state index contributed by atoms with van der Waals surface area (Å²) in [5, 5.41) is 13.5. The van der Waals surface area contributed by atoms with Gasteiger partial charge in [-0.05, 0) is 103 Å². The third-order valence-corrected chi connectivity index (χ3v) is 7.73. The van der Waals surface area contributed by atoms with Crippen LogP contribution in [-0.2, 0) is 25.7 Å². The quantitative estimate of drug-likeness (QED) is 0.227. The average Bonchev–Trinajstić information content (AvgIpc) is 3.32. The Morgan fingerprint density at radius 2 is 1.17 bits per heavy atom. The van der Waals surface area contributed by atoms with Gasteiger partial charge in [0.25, 0.3) is 0 Å². The number of guanidine groups is 1. The molecule has 0 atom stereocenters. The molecule has 0 aromatic heterocycles. The lowest BCUT2D eigenvalue weighted by molar-refractivity contribution is 1.02. The van der Waals surface area contributed by atoms with Crippen LogP contribution in [0.25, 0.3) is 21.5 Å². The number of nitrogens with one attached hydrogen (secondary N) is 1. The van der Waals surface area contributed by atoms with Gasteiger partial charge in [0.15, 0.2) is 5.96 Å². The normalized spacial score (nSPS) is 14.1. The molecule has 3 N–H and O–H groups in total. The highest BCUT2D eigenvalue weighted by Crippen LogP contribution is 2.48. The number of benzene rings is 4. The van der Waals surface area contributed by atoms with Crippen LogP contribution in [0.5, 0.6) is 0 Å². The summed E-state index contributed by atoms with van der Waals surface area (Å²) >= 11 is 7.64. The predicted octanol–water partition coefficient (Wildman–Crippen LogP) is 6.75. The second-order valence-electron chi connectivity index (χ2n) is 8.13. The Bertz CT molecular complexity index is 1310. The van der Waals surface area contributed by atoms with Crippen LogP contribution < -0.4 is 10.6 Å². The van der Waals surface area contributed by atoms with E-state index in [0.717, 1.165) is 56.8 Å². The highest BCUT2D eigenvalue weighted by molar-refractivity contribution is 9.11. The lowest BCUT2D eigenvalue weighted by atomic mass is 10.00. The highest BCUT2D eigenvalue weighted by Gasteiger charge is 2.28. The van der Waals surface area contributed by atoms with Gasteiger partial charge in [-0.1, -0.05) is 36.4 Å². The lowest BCUT2D eigenvalue weighted by Crippen LogP contribution is -2.33. The summed E-state index contributed by atoms with van der Waals surface area (Å²) in [6.45, 7) is 0. The third-order valence-electron chi connectivity index (χ3n) is 6.52. The first kappa shape index (κ1) is 18.4. The van der Waals surface area contributed by atoms with Crippen molar-refractivity contribution in [2.75, 3.05) is 4.90 Å². The number of nitrogens with two attached hydrogens (primary N) is 1. The fraction of sp³-hybridized carbons (Fsp3) is 0.160. The molecular formula is C25H19Br2N3. The number of anilines is 2. The van der Waals surface area contributed by atoms with Crippen LogP contribution in [0.15, 0.2) is 57.5 Å². The number of aryl methyl sites for hydroxylation is 4. The van der Waals surface area contributed by atoms with E-state index in [1.165, 1.54) is 33.0 Å². The van der Waals surface area contributed by atoms with Gasteiger partial charge < -0.3 is 5.73 Å². The van der Waals surface area contributed by atoms with E-state index in [9.17, 15) is 0 Å². The Labute approximate surface area is 191 Å². The van der Waals surface area contributed by atoms with Crippen molar-refractivity contribution in [2.45, 2.75) is 25.7 Å². The van der Waals surface area contributed by atoms with Gasteiger partial charge in [0.05, 0.1) is 11.4 Å². The average molecular weight is 521 g/mol. The van der Waals surface area contributed by atoms with Gasteiger partial charge in [-0.15, -0.1) is 0 Å². The summed E-state index contributed by atoms with van der Waals surface area (Å²) in [6.07, 6.45) is 4.24. The molecule has 3 nitrogen and oxygen atoms in total. The largest absolute Gasteiger partial charge is 0.369 e. The van der Waals surface area contributed by atoms with Crippen LogP contribution in [-0.4, -0.2) is 5.96 Å². The van der Waals surface area contributed by atoms with Crippen LogP contribution >= 0.6 is 31.9 Å². The molecule has 0 saturated heterocycles. The minimum Gasteiger partial charge on any atom is -0.369 e. The molecule has 0 fully saturated rings. The summed E-state index contributed by atoms with van der Waals surface area (Å²) in [5.74, 6) is 0.00815. The molecule has 0 amide bonds. The summed E-state index contributed by atoms with van der Waals surface area (Å²) in [4.78, 5) is 1.90. The zero-order valence-corrected chi connectivity index (χ0v) is 19.4. The molecule has 0 unspecified atom stereocenters. The maximum absolute atomic E-state index is 8.58. The smallest absolute Gasteiger partial charge is 0.197 e. The van der Waals surface area contributed by atoms with E-state index < -0.39 is 0 Å². The Balaban J connectivity index is 1.73. The maximum Gasteiger partial charge on any atom is 0.197 e. The zero-order valence-electron chi connectivity index (χ0n) is 16.2. The van der Waals surface area contributed by atoms with Crippen molar-refractivity contribution >= 4 is 70.7 Å². The van der Waals surface area contributed by atoms with Crippen molar-refractivity contribution in [1.82, 2.24) is 0 Å². The number of halogens is 2. The van der Waals surface area contributed by atoms with Crippen LogP contribution in [0.3, 0.4) is 0 Å². The molecule has 30 heavy (non-hydrogen) atoms. The fourth-order valence-electron chi connectivity index (χ4n) is 5.35. The first-order valence-corrected chi connectivity index (χ1v) is 11.7. The Morgan fingerprint density at radius 1 is 0.733 bits per heavy atom. The van der Waals surface area contributed by atoms with Gasteiger partial charge in [-0.2, -0.15) is 0 Å². The van der Waals surface area contributed by atoms with E-state index in [2.05, 4.69) is 80.4 Å². The van der Waals surface area contributed by atoms with Crippen LogP contribution in [0.1, 0.15) is 22.3 Å². The fourth-order valence-corrected chi connectivity index (χ4v) is 6.69. The van der Waals surface area contributed by atoms with Crippen molar-refractivity contribution in [3.05, 3.63) is 79.7 Å². The van der Waals surface area contributed by atoms with Crippen LogP contribution in [0, 0.1) is 5.41 Å². The van der Waals surface area contributed by atoms with Crippen molar-refractivity contribution in [1.29, 1.82) is 5.41 Å². The summed E-state index contributed by atoms with van der Waals surface area (Å²) < 4.78 is 1.93. The zero-order chi connectivity index (χ0) is 20.6. The van der Waals surface area contributed by atoms with Gasteiger partial charge in [-0.3, -0.25) is 10.3 Å². The SMILES string of the molecule is N=C(N)N(c1c(Br)cc2c3c(cccc13)CC2)c1c(Br)cc2c3c(cccc13)CC2. The standard InChI is InChI=1S/C25H19Br2N3/c26-19-11-15-9-7-13-3-1-5-17(21(13)15)23(19)30(25(28)29)24-18-6-2-4-14-8-10-16(22(14)18)12-20(24)27/h1-6,11-12H,7-10H2,(H3,28,29). The summed E-state index contributed by atoms with van der Waals surface area (Å²) in [7, 11) is 0. The van der Waals surface area contributed by atoms with E-state index in [1.54, 1.807) is 0 Å². The Morgan fingerprint density at radius 3 is 1.60 bits per heavy atom. The maximum atomic E-state index is 8.58. The van der Waals surface area contributed by atoms with Crippen LogP contribution in [0.2, 0.25) is 0 Å². The molecular weight excluding hydrogens is 502 g/mol. The molecule has 2 aliphatic rings. The van der Waals surface area contributed by atoms with E-state index in [0.29, 0.717) is 0 Å². The molecule has 2 aliphatic carbocycles. The molecule has 5 heteroatoms. The number of hydrogen-bond donors (Lipinski definition) is 2. The second kappa shape index (κ2) is 6.56. The van der Waals surface area contributed by atoms with Gasteiger partial charge in [0.2, 0.25) is 0 Å². The van der Waals surface area contributed by atoms with Crippen molar-refractivity contribution in [2.24, 2.45) is 5.73 Å². The van der Waals surface area contributed by atoms with Crippen molar-refractivity contribution in [3.8, 4) is 0 Å². The number of rotatable bonds is 2. The first-order chi connectivity index (χ1) is 14.5. The minimum atomic E-state index is 0.00815. The molecule has 6 rings (SSSR count). The topological polar surface area (TPSA) is 53.1 Å². The highest BCUT2D eigenvalue weighted by atomic mass is 79.9. The van der Waals surface area contributed by atoms with E-state index in [1.807, 2.05) is 4.90 Å². The molecule has 148 valence electrons. The second-order valence-corrected chi connectivity index (χ2v) is 9.84. The monoisotopic (exact) mass is 519 g/mol. The minimum absolute atomic E-state index is 0.00815. The van der Waals surface area contributed by atoms with Crippen LogP contribution in [0.4, 0.5) is 11.4 Å². The molecule has 0 spiro atoms. The molecule has 4 aromatic rings. The van der Waals surface area contributed by atoms with Gasteiger partial charge in [0.1, 0.15) is 0 Å². The molecule has 0 aliphatic heterocycles. The molecule has 0 heterocycles. The van der Waals surface area contributed by atoms with E-state index in [-0.39, 0.29) is 5.96 Å². The Hall–Kier alpha value is -2.37. The van der Waals surface area contributed by atoms with Crippen molar-refractivity contribution in [3.63, 3.8) is 0 Å². The number of hydrogen-bond acceptors (Lipinski definition) is 1. The summed E-state index contributed by atoms with van der Waals surface area (Å²) in [5.41, 5.74) is 13.6. The van der Waals surface area contributed by atoms with E-state index >= 15 is 0 Å². The molecule has 0 saturated carbocycles. The van der Waals surface area contributed by atoms with Gasteiger partial charge in [-0.25, -0.2) is 0 Å². The lowest BCUT2D eigenvalue weighted by Gasteiger charge is -2.29. The first-order valence-electron chi connectivity index (χ1n) is 10.1. The Kier molecular flexibility index (Phi) is 4.03. The van der Waals surface area contributed by atoms with Gasteiger partial charge in [0, 0.05) is 19.7 Å².